The lowest BCUT2D eigenvalue weighted by molar-refractivity contribution is -0.150. The van der Waals surface area contributed by atoms with E-state index in [1.807, 2.05) is 19.1 Å². The van der Waals surface area contributed by atoms with Crippen molar-refractivity contribution in [3.05, 3.63) is 53.3 Å². The van der Waals surface area contributed by atoms with E-state index in [1.54, 1.807) is 12.1 Å². The van der Waals surface area contributed by atoms with Gasteiger partial charge in [-0.15, -0.1) is 0 Å². The fourth-order valence-electron chi connectivity index (χ4n) is 6.92. The SMILES string of the molecule is CC1(C(=O)O)CCN(C2=NOC3(C2)CN(Cc2cc(C4CC4)c(-c4ccc(F)cc4)cc2N2CCOCC2)C3)CC1. The third kappa shape index (κ3) is 5.18. The molecule has 2 aromatic rings. The van der Waals surface area contributed by atoms with Crippen LogP contribution in [-0.4, -0.2) is 84.8 Å². The summed E-state index contributed by atoms with van der Waals surface area (Å²) < 4.78 is 19.4. The van der Waals surface area contributed by atoms with E-state index in [4.69, 9.17) is 9.57 Å². The van der Waals surface area contributed by atoms with E-state index in [0.717, 1.165) is 63.8 Å². The van der Waals surface area contributed by atoms with Gasteiger partial charge in [0, 0.05) is 51.5 Å². The van der Waals surface area contributed by atoms with E-state index in [9.17, 15) is 14.3 Å². The second-order valence-corrected chi connectivity index (χ2v) is 12.9. The monoisotopic (exact) mass is 562 g/mol. The Morgan fingerprint density at radius 1 is 1.05 bits per heavy atom. The molecule has 0 radical (unpaired) electrons. The zero-order chi connectivity index (χ0) is 28.2. The molecule has 4 aliphatic heterocycles. The Bertz CT molecular complexity index is 1340. The van der Waals surface area contributed by atoms with Gasteiger partial charge in [-0.3, -0.25) is 9.69 Å². The van der Waals surface area contributed by atoms with Crippen molar-refractivity contribution in [2.75, 3.05) is 57.4 Å². The molecular weight excluding hydrogens is 523 g/mol. The number of carboxylic acid groups (broad SMARTS) is 1. The molecule has 1 saturated carbocycles. The molecule has 5 aliphatic rings. The molecule has 0 amide bonds. The molecule has 1 aliphatic carbocycles. The molecule has 9 heteroatoms. The molecule has 7 rings (SSSR count). The first kappa shape index (κ1) is 26.7. The largest absolute Gasteiger partial charge is 0.481 e. The molecule has 3 saturated heterocycles. The van der Waals surface area contributed by atoms with Crippen molar-refractivity contribution in [1.29, 1.82) is 0 Å². The maximum atomic E-state index is 13.7. The number of rotatable bonds is 6. The second-order valence-electron chi connectivity index (χ2n) is 12.9. The Morgan fingerprint density at radius 2 is 1.76 bits per heavy atom. The zero-order valence-corrected chi connectivity index (χ0v) is 23.8. The smallest absolute Gasteiger partial charge is 0.309 e. The standard InChI is InChI=1S/C32H39FN4O4/c1-31(30(38)39)8-10-37(11-9-31)29-18-32(41-34-29)20-35(21-32)19-24-16-26(22-2-3-22)27(23-4-6-25(33)7-5-23)17-28(24)36-12-14-40-15-13-36/h4-7,16-17,22H,2-3,8-15,18-21H2,1H3,(H,38,39). The topological polar surface area (TPSA) is 77.8 Å². The predicted molar refractivity (Wildman–Crippen MR) is 155 cm³/mol. The van der Waals surface area contributed by atoms with Crippen molar-refractivity contribution in [1.82, 2.24) is 9.80 Å². The van der Waals surface area contributed by atoms with Gasteiger partial charge in [0.05, 0.1) is 25.0 Å². The van der Waals surface area contributed by atoms with E-state index in [0.29, 0.717) is 31.8 Å². The summed E-state index contributed by atoms with van der Waals surface area (Å²) in [6.07, 6.45) is 4.44. The van der Waals surface area contributed by atoms with Crippen LogP contribution >= 0.6 is 0 Å². The number of morpholine rings is 1. The minimum Gasteiger partial charge on any atom is -0.481 e. The molecule has 0 atom stereocenters. The fraction of sp³-hybridized carbons (Fsp3) is 0.562. The first-order valence-corrected chi connectivity index (χ1v) is 15.0. The molecule has 0 bridgehead atoms. The van der Waals surface area contributed by atoms with Crippen molar-refractivity contribution >= 4 is 17.5 Å². The van der Waals surface area contributed by atoms with Gasteiger partial charge < -0.3 is 24.5 Å². The number of piperidine rings is 1. The first-order chi connectivity index (χ1) is 19.8. The third-order valence-electron chi connectivity index (χ3n) is 9.77. The lowest BCUT2D eigenvalue weighted by Gasteiger charge is -2.46. The van der Waals surface area contributed by atoms with Crippen LogP contribution in [0.4, 0.5) is 10.1 Å². The van der Waals surface area contributed by atoms with Crippen LogP contribution in [0.3, 0.4) is 0 Å². The summed E-state index contributed by atoms with van der Waals surface area (Å²) in [5, 5.41) is 14.0. The van der Waals surface area contributed by atoms with Crippen molar-refractivity contribution in [2.45, 2.75) is 57.1 Å². The van der Waals surface area contributed by atoms with E-state index < -0.39 is 11.4 Å². The average molecular weight is 563 g/mol. The lowest BCUT2D eigenvalue weighted by Crippen LogP contribution is -2.61. The Kier molecular flexibility index (Phi) is 6.70. The van der Waals surface area contributed by atoms with Gasteiger partial charge in [-0.05, 0) is 79.0 Å². The average Bonchev–Trinajstić information content (AvgIpc) is 3.72. The van der Waals surface area contributed by atoms with Gasteiger partial charge in [-0.2, -0.15) is 0 Å². The summed E-state index contributed by atoms with van der Waals surface area (Å²) >= 11 is 0. The number of hydrogen-bond donors (Lipinski definition) is 1. The van der Waals surface area contributed by atoms with Gasteiger partial charge in [0.2, 0.25) is 0 Å². The predicted octanol–water partition coefficient (Wildman–Crippen LogP) is 4.68. The maximum absolute atomic E-state index is 13.7. The van der Waals surface area contributed by atoms with E-state index in [1.165, 1.54) is 35.2 Å². The molecular formula is C32H39FN4O4. The maximum Gasteiger partial charge on any atom is 0.309 e. The first-order valence-electron chi connectivity index (χ1n) is 15.0. The number of aliphatic carboxylic acids is 1. The summed E-state index contributed by atoms with van der Waals surface area (Å²) in [5.41, 5.74) is 5.31. The normalized spacial score (nSPS) is 23.7. The van der Waals surface area contributed by atoms with Crippen molar-refractivity contribution < 1.29 is 23.9 Å². The quantitative estimate of drug-likeness (QED) is 0.548. The summed E-state index contributed by atoms with van der Waals surface area (Å²) in [6.45, 7) is 8.91. The molecule has 8 nitrogen and oxygen atoms in total. The van der Waals surface area contributed by atoms with Crippen molar-refractivity contribution in [2.24, 2.45) is 10.6 Å². The minimum atomic E-state index is -0.708. The lowest BCUT2D eigenvalue weighted by atomic mass is 9.80. The number of hydrogen-bond acceptors (Lipinski definition) is 7. The van der Waals surface area contributed by atoms with Gasteiger partial charge in [0.1, 0.15) is 11.7 Å². The molecule has 2 aromatic carbocycles. The van der Waals surface area contributed by atoms with E-state index in [-0.39, 0.29) is 11.4 Å². The van der Waals surface area contributed by atoms with Crippen LogP contribution in [0.1, 0.15) is 56.1 Å². The molecule has 0 aromatic heterocycles. The highest BCUT2D eigenvalue weighted by Crippen LogP contribution is 2.47. The highest BCUT2D eigenvalue weighted by molar-refractivity contribution is 5.85. The van der Waals surface area contributed by atoms with Gasteiger partial charge in [0.25, 0.3) is 0 Å². The van der Waals surface area contributed by atoms with E-state index in [2.05, 4.69) is 32.0 Å². The number of carboxylic acids is 1. The third-order valence-corrected chi connectivity index (χ3v) is 9.77. The Morgan fingerprint density at radius 3 is 2.41 bits per heavy atom. The zero-order valence-electron chi connectivity index (χ0n) is 23.8. The molecule has 1 spiro atoms. The van der Waals surface area contributed by atoms with Crippen LogP contribution < -0.4 is 4.90 Å². The van der Waals surface area contributed by atoms with Crippen molar-refractivity contribution in [3.8, 4) is 11.1 Å². The Balaban J connectivity index is 1.07. The molecule has 4 fully saturated rings. The summed E-state index contributed by atoms with van der Waals surface area (Å²) in [7, 11) is 0. The van der Waals surface area contributed by atoms with Crippen LogP contribution in [-0.2, 0) is 20.9 Å². The van der Waals surface area contributed by atoms with Gasteiger partial charge >= 0.3 is 5.97 Å². The number of benzene rings is 2. The molecule has 1 N–H and O–H groups in total. The minimum absolute atomic E-state index is 0.209. The molecule has 218 valence electrons. The van der Waals surface area contributed by atoms with Gasteiger partial charge in [-0.1, -0.05) is 23.4 Å². The highest BCUT2D eigenvalue weighted by Gasteiger charge is 2.51. The summed E-state index contributed by atoms with van der Waals surface area (Å²) in [4.78, 5) is 24.8. The second kappa shape index (κ2) is 10.3. The number of amidine groups is 1. The fourth-order valence-corrected chi connectivity index (χ4v) is 6.92. The highest BCUT2D eigenvalue weighted by atomic mass is 19.1. The number of oxime groups is 1. The van der Waals surface area contributed by atoms with Gasteiger partial charge in [0.15, 0.2) is 5.60 Å². The van der Waals surface area contributed by atoms with Crippen LogP contribution in [0.5, 0.6) is 0 Å². The Labute approximate surface area is 240 Å². The number of likely N-dealkylation sites (tertiary alicyclic amines) is 2. The van der Waals surface area contributed by atoms with Crippen LogP contribution in [0.15, 0.2) is 41.6 Å². The van der Waals surface area contributed by atoms with Crippen LogP contribution in [0.2, 0.25) is 0 Å². The molecule has 4 heterocycles. The van der Waals surface area contributed by atoms with Crippen LogP contribution in [0.25, 0.3) is 11.1 Å². The molecule has 41 heavy (non-hydrogen) atoms. The number of ether oxygens (including phenoxy) is 1. The van der Waals surface area contributed by atoms with Crippen LogP contribution in [0, 0.1) is 11.2 Å². The molecule has 0 unspecified atom stereocenters. The van der Waals surface area contributed by atoms with E-state index >= 15 is 0 Å². The van der Waals surface area contributed by atoms with Crippen molar-refractivity contribution in [3.63, 3.8) is 0 Å². The number of halogens is 1. The summed E-state index contributed by atoms with van der Waals surface area (Å²) in [5.74, 6) is 0.612. The summed E-state index contributed by atoms with van der Waals surface area (Å²) in [6, 6.07) is 11.7. The Hall–Kier alpha value is -3.17. The number of anilines is 1. The number of nitrogens with zero attached hydrogens (tertiary/aromatic N) is 4. The van der Waals surface area contributed by atoms with Gasteiger partial charge in [-0.25, -0.2) is 4.39 Å². The number of carbonyl (C=O) groups is 1.